The highest BCUT2D eigenvalue weighted by Gasteiger charge is 2.26. The third kappa shape index (κ3) is 3.55. The van der Waals surface area contributed by atoms with Gasteiger partial charge in [-0.15, -0.1) is 0 Å². The molecule has 0 aliphatic carbocycles. The SMILES string of the molecule is COc1cccc(NC(=O)c2c(N)c(C(=O)c3cccc(Br)c3)n3ccccc23)c1. The molecule has 0 unspecified atom stereocenters. The monoisotopic (exact) mass is 463 g/mol. The van der Waals surface area contributed by atoms with Gasteiger partial charge < -0.3 is 20.2 Å². The minimum Gasteiger partial charge on any atom is -0.497 e. The third-order valence-corrected chi connectivity index (χ3v) is 5.23. The molecule has 0 aliphatic heterocycles. The second kappa shape index (κ2) is 8.04. The topological polar surface area (TPSA) is 85.8 Å². The van der Waals surface area contributed by atoms with Crippen LogP contribution in [0.25, 0.3) is 5.52 Å². The quantitative estimate of drug-likeness (QED) is 0.417. The van der Waals surface area contributed by atoms with Gasteiger partial charge in [-0.2, -0.15) is 0 Å². The van der Waals surface area contributed by atoms with Crippen LogP contribution in [0.3, 0.4) is 0 Å². The molecule has 0 atom stereocenters. The molecule has 3 N–H and O–H groups in total. The largest absolute Gasteiger partial charge is 0.497 e. The smallest absolute Gasteiger partial charge is 0.259 e. The molecule has 30 heavy (non-hydrogen) atoms. The van der Waals surface area contributed by atoms with Crippen molar-refractivity contribution in [2.45, 2.75) is 0 Å². The molecule has 7 heteroatoms. The molecule has 0 saturated carbocycles. The number of ether oxygens (including phenoxy) is 1. The summed E-state index contributed by atoms with van der Waals surface area (Å²) in [7, 11) is 1.56. The number of nitrogens with zero attached hydrogens (tertiary/aromatic N) is 1. The van der Waals surface area contributed by atoms with Crippen molar-refractivity contribution >= 4 is 44.5 Å². The molecule has 2 aromatic heterocycles. The average molecular weight is 464 g/mol. The lowest BCUT2D eigenvalue weighted by Crippen LogP contribution is -2.14. The number of anilines is 2. The Hall–Kier alpha value is -3.58. The highest BCUT2D eigenvalue weighted by Crippen LogP contribution is 2.30. The molecule has 150 valence electrons. The second-order valence-corrected chi connectivity index (χ2v) is 7.53. The van der Waals surface area contributed by atoms with Crippen LogP contribution in [0.2, 0.25) is 0 Å². The Bertz CT molecular complexity index is 1280. The van der Waals surface area contributed by atoms with Gasteiger partial charge in [0, 0.05) is 28.0 Å². The Morgan fingerprint density at radius 3 is 2.60 bits per heavy atom. The summed E-state index contributed by atoms with van der Waals surface area (Å²) in [6, 6.07) is 19.4. The number of nitrogens with one attached hydrogen (secondary N) is 1. The van der Waals surface area contributed by atoms with Crippen molar-refractivity contribution in [3.05, 3.63) is 94.2 Å². The minimum atomic E-state index is -0.405. The predicted molar refractivity (Wildman–Crippen MR) is 120 cm³/mol. The molecule has 0 aliphatic rings. The van der Waals surface area contributed by atoms with Gasteiger partial charge in [0.2, 0.25) is 5.78 Å². The second-order valence-electron chi connectivity index (χ2n) is 6.62. The molecule has 0 spiro atoms. The number of ketones is 1. The normalized spacial score (nSPS) is 10.7. The summed E-state index contributed by atoms with van der Waals surface area (Å²) in [6.07, 6.45) is 1.72. The number of nitrogen functional groups attached to an aromatic ring is 1. The van der Waals surface area contributed by atoms with Crippen molar-refractivity contribution in [1.29, 1.82) is 0 Å². The predicted octanol–water partition coefficient (Wildman–Crippen LogP) is 4.78. The van der Waals surface area contributed by atoms with Gasteiger partial charge in [-0.1, -0.05) is 40.2 Å². The summed E-state index contributed by atoms with van der Waals surface area (Å²) in [5.74, 6) is -0.0544. The molecular formula is C23H18BrN3O3. The first kappa shape index (κ1) is 19.7. The maximum absolute atomic E-state index is 13.2. The lowest BCUT2D eigenvalue weighted by molar-refractivity contribution is 0.102. The number of rotatable bonds is 5. The Morgan fingerprint density at radius 2 is 1.83 bits per heavy atom. The van der Waals surface area contributed by atoms with Gasteiger partial charge in [-0.3, -0.25) is 9.59 Å². The van der Waals surface area contributed by atoms with Crippen molar-refractivity contribution in [2.75, 3.05) is 18.2 Å². The van der Waals surface area contributed by atoms with Gasteiger partial charge >= 0.3 is 0 Å². The molecule has 0 fully saturated rings. The van der Waals surface area contributed by atoms with Gasteiger partial charge in [0.1, 0.15) is 11.4 Å². The Morgan fingerprint density at radius 1 is 1.03 bits per heavy atom. The molecule has 6 nitrogen and oxygen atoms in total. The number of hydrogen-bond acceptors (Lipinski definition) is 4. The lowest BCUT2D eigenvalue weighted by atomic mass is 10.1. The fourth-order valence-corrected chi connectivity index (χ4v) is 3.76. The molecule has 0 bridgehead atoms. The number of fused-ring (bicyclic) bond motifs is 1. The first-order valence-corrected chi connectivity index (χ1v) is 9.93. The number of halogens is 1. The van der Waals surface area contributed by atoms with E-state index in [1.807, 2.05) is 6.07 Å². The van der Waals surface area contributed by atoms with E-state index in [1.54, 1.807) is 78.4 Å². The van der Waals surface area contributed by atoms with E-state index >= 15 is 0 Å². The highest BCUT2D eigenvalue weighted by molar-refractivity contribution is 9.10. The number of amides is 1. The number of methoxy groups -OCH3 is 1. The fourth-order valence-electron chi connectivity index (χ4n) is 3.36. The lowest BCUT2D eigenvalue weighted by Gasteiger charge is -2.07. The summed E-state index contributed by atoms with van der Waals surface area (Å²) in [4.78, 5) is 26.4. The summed E-state index contributed by atoms with van der Waals surface area (Å²) in [5.41, 5.74) is 8.58. The summed E-state index contributed by atoms with van der Waals surface area (Å²) >= 11 is 3.38. The van der Waals surface area contributed by atoms with E-state index in [0.717, 1.165) is 4.47 Å². The zero-order valence-corrected chi connectivity index (χ0v) is 17.6. The van der Waals surface area contributed by atoms with Crippen LogP contribution in [-0.2, 0) is 0 Å². The number of pyridine rings is 1. The first-order valence-electron chi connectivity index (χ1n) is 9.14. The standard InChI is InChI=1S/C23H18BrN3O3/c1-30-17-9-5-8-16(13-17)26-23(29)19-18-10-2-3-11-27(18)21(20(19)25)22(28)14-6-4-7-15(24)12-14/h2-13H,25H2,1H3,(H,26,29). The van der Waals surface area contributed by atoms with E-state index in [2.05, 4.69) is 21.2 Å². The number of hydrogen-bond donors (Lipinski definition) is 2. The molecule has 0 saturated heterocycles. The third-order valence-electron chi connectivity index (χ3n) is 4.74. The van der Waals surface area contributed by atoms with Crippen molar-refractivity contribution in [3.8, 4) is 5.75 Å². The molecule has 4 aromatic rings. The van der Waals surface area contributed by atoms with Crippen LogP contribution in [0.4, 0.5) is 11.4 Å². The van der Waals surface area contributed by atoms with Crippen LogP contribution in [0.1, 0.15) is 26.4 Å². The van der Waals surface area contributed by atoms with E-state index in [9.17, 15) is 9.59 Å². The maximum Gasteiger partial charge on any atom is 0.259 e. The van der Waals surface area contributed by atoms with Gasteiger partial charge in [0.05, 0.1) is 23.9 Å². The van der Waals surface area contributed by atoms with E-state index in [4.69, 9.17) is 10.5 Å². The number of benzene rings is 2. The maximum atomic E-state index is 13.2. The molecule has 0 radical (unpaired) electrons. The number of nitrogens with two attached hydrogens (primary N) is 1. The van der Waals surface area contributed by atoms with E-state index in [1.165, 1.54) is 0 Å². The van der Waals surface area contributed by atoms with E-state index in [-0.39, 0.29) is 22.7 Å². The highest BCUT2D eigenvalue weighted by atomic mass is 79.9. The number of carbonyl (C=O) groups is 2. The molecule has 2 heterocycles. The van der Waals surface area contributed by atoms with Crippen molar-refractivity contribution in [1.82, 2.24) is 4.40 Å². The van der Waals surface area contributed by atoms with Crippen LogP contribution in [0.5, 0.6) is 5.75 Å². The zero-order chi connectivity index (χ0) is 21.3. The molecule has 1 amide bonds. The molecule has 4 rings (SSSR count). The molecule has 2 aromatic carbocycles. The Balaban J connectivity index is 1.80. The zero-order valence-electron chi connectivity index (χ0n) is 16.1. The van der Waals surface area contributed by atoms with E-state index < -0.39 is 5.91 Å². The van der Waals surface area contributed by atoms with Crippen molar-refractivity contribution in [2.24, 2.45) is 0 Å². The van der Waals surface area contributed by atoms with Crippen LogP contribution in [0.15, 0.2) is 77.4 Å². The first-order chi connectivity index (χ1) is 14.5. The van der Waals surface area contributed by atoms with Crippen molar-refractivity contribution in [3.63, 3.8) is 0 Å². The Labute approximate surface area is 181 Å². The Kier molecular flexibility index (Phi) is 5.29. The van der Waals surface area contributed by atoms with E-state index in [0.29, 0.717) is 22.5 Å². The number of carbonyl (C=O) groups excluding carboxylic acids is 2. The summed E-state index contributed by atoms with van der Waals surface area (Å²) in [5, 5.41) is 2.84. The van der Waals surface area contributed by atoms with Crippen LogP contribution in [0, 0.1) is 0 Å². The average Bonchev–Trinajstić information content (AvgIpc) is 3.05. The van der Waals surface area contributed by atoms with Gasteiger partial charge in [0.25, 0.3) is 5.91 Å². The number of aromatic nitrogens is 1. The summed E-state index contributed by atoms with van der Waals surface area (Å²) < 4.78 is 7.63. The van der Waals surface area contributed by atoms with Crippen molar-refractivity contribution < 1.29 is 14.3 Å². The summed E-state index contributed by atoms with van der Waals surface area (Å²) in [6.45, 7) is 0. The van der Waals surface area contributed by atoms with Gasteiger partial charge in [-0.25, -0.2) is 0 Å². The van der Waals surface area contributed by atoms with Gasteiger partial charge in [-0.05, 0) is 36.4 Å². The minimum absolute atomic E-state index is 0.131. The van der Waals surface area contributed by atoms with Crippen LogP contribution >= 0.6 is 15.9 Å². The van der Waals surface area contributed by atoms with Gasteiger partial charge in [0.15, 0.2) is 0 Å². The van der Waals surface area contributed by atoms with Crippen LogP contribution in [-0.4, -0.2) is 23.2 Å². The molecular weight excluding hydrogens is 446 g/mol. The fraction of sp³-hybridized carbons (Fsp3) is 0.0435. The van der Waals surface area contributed by atoms with Crippen LogP contribution < -0.4 is 15.8 Å².